The van der Waals surface area contributed by atoms with E-state index in [-0.39, 0.29) is 0 Å². The lowest BCUT2D eigenvalue weighted by Crippen LogP contribution is -2.29. The van der Waals surface area contributed by atoms with Crippen LogP contribution in [0.15, 0.2) is 18.2 Å². The summed E-state index contributed by atoms with van der Waals surface area (Å²) in [7, 11) is 0. The lowest BCUT2D eigenvalue weighted by molar-refractivity contribution is 0.234. The predicted octanol–water partition coefficient (Wildman–Crippen LogP) is 4.98. The van der Waals surface area contributed by atoms with Crippen molar-refractivity contribution in [2.45, 2.75) is 38.3 Å². The summed E-state index contributed by atoms with van der Waals surface area (Å²) in [5.74, 6) is 0.752. The van der Waals surface area contributed by atoms with Crippen molar-refractivity contribution >= 4 is 34.8 Å². The van der Waals surface area contributed by atoms with Gasteiger partial charge in [0, 0.05) is 18.5 Å². The molecule has 0 aromatic heterocycles. The highest BCUT2D eigenvalue weighted by Gasteiger charge is 2.24. The van der Waals surface area contributed by atoms with E-state index in [9.17, 15) is 0 Å². The molecule has 1 heterocycles. The third-order valence-corrected chi connectivity index (χ3v) is 4.70. The highest BCUT2D eigenvalue weighted by molar-refractivity contribution is 6.42. The summed E-state index contributed by atoms with van der Waals surface area (Å²) >= 11 is 18.1. The molecule has 0 N–H and O–H groups in total. The normalized spacial score (nSPS) is 20.5. The van der Waals surface area contributed by atoms with Crippen LogP contribution in [0, 0.1) is 0 Å². The maximum atomic E-state index is 6.24. The predicted molar refractivity (Wildman–Crippen MR) is 79.8 cm³/mol. The monoisotopic (exact) mass is 305 g/mol. The Bertz CT molecular complexity index is 395. The molecule has 0 saturated carbocycles. The van der Waals surface area contributed by atoms with E-state index in [1.54, 1.807) is 0 Å². The van der Waals surface area contributed by atoms with Crippen LogP contribution in [0.1, 0.15) is 31.2 Å². The second-order valence-electron chi connectivity index (χ2n) is 4.81. The van der Waals surface area contributed by atoms with Crippen LogP contribution < -0.4 is 0 Å². The standard InChI is InChI=1S/C14H18Cl3N/c15-8-2-5-12-6-3-9-18(12)10-11-4-1-7-13(16)14(11)17/h1,4,7,12H,2-3,5-6,8-10H2. The van der Waals surface area contributed by atoms with Gasteiger partial charge in [0.15, 0.2) is 0 Å². The van der Waals surface area contributed by atoms with Crippen molar-refractivity contribution in [3.8, 4) is 0 Å². The Kier molecular flexibility index (Phi) is 5.62. The van der Waals surface area contributed by atoms with E-state index in [0.717, 1.165) is 31.0 Å². The number of rotatable bonds is 5. The van der Waals surface area contributed by atoms with E-state index in [4.69, 9.17) is 34.8 Å². The molecule has 1 fully saturated rings. The van der Waals surface area contributed by atoms with E-state index in [0.29, 0.717) is 16.1 Å². The summed E-state index contributed by atoms with van der Waals surface area (Å²) in [6.45, 7) is 2.04. The number of hydrogen-bond acceptors (Lipinski definition) is 1. The summed E-state index contributed by atoms with van der Waals surface area (Å²) in [6, 6.07) is 6.51. The van der Waals surface area contributed by atoms with Crippen LogP contribution >= 0.6 is 34.8 Å². The van der Waals surface area contributed by atoms with Gasteiger partial charge >= 0.3 is 0 Å². The van der Waals surface area contributed by atoms with Crippen molar-refractivity contribution in [2.75, 3.05) is 12.4 Å². The van der Waals surface area contributed by atoms with Crippen molar-refractivity contribution in [2.24, 2.45) is 0 Å². The van der Waals surface area contributed by atoms with E-state index in [1.165, 1.54) is 19.3 Å². The second-order valence-corrected chi connectivity index (χ2v) is 5.97. The molecule has 1 aliphatic rings. The topological polar surface area (TPSA) is 3.24 Å². The largest absolute Gasteiger partial charge is 0.296 e. The van der Waals surface area contributed by atoms with Gasteiger partial charge in [-0.05, 0) is 43.9 Å². The molecule has 0 spiro atoms. The van der Waals surface area contributed by atoms with Crippen LogP contribution in [-0.4, -0.2) is 23.4 Å². The minimum atomic E-state index is 0.644. The van der Waals surface area contributed by atoms with Gasteiger partial charge in [0.1, 0.15) is 0 Å². The van der Waals surface area contributed by atoms with E-state index >= 15 is 0 Å². The van der Waals surface area contributed by atoms with Crippen molar-refractivity contribution in [1.29, 1.82) is 0 Å². The molecule has 0 amide bonds. The summed E-state index contributed by atoms with van der Waals surface area (Å²) in [5.41, 5.74) is 1.13. The molecule has 100 valence electrons. The first kappa shape index (κ1) is 14.5. The molecule has 1 aromatic rings. The number of nitrogens with zero attached hydrogens (tertiary/aromatic N) is 1. The van der Waals surface area contributed by atoms with Crippen LogP contribution in [0.25, 0.3) is 0 Å². The van der Waals surface area contributed by atoms with E-state index < -0.39 is 0 Å². The van der Waals surface area contributed by atoms with E-state index in [1.807, 2.05) is 12.1 Å². The van der Waals surface area contributed by atoms with Gasteiger partial charge in [0.25, 0.3) is 0 Å². The first-order valence-corrected chi connectivity index (χ1v) is 7.74. The molecular weight excluding hydrogens is 289 g/mol. The molecule has 0 aliphatic carbocycles. The van der Waals surface area contributed by atoms with Crippen LogP contribution in [0.2, 0.25) is 10.0 Å². The molecule has 0 radical (unpaired) electrons. The number of halogens is 3. The van der Waals surface area contributed by atoms with Gasteiger partial charge in [-0.3, -0.25) is 4.90 Å². The first-order chi connectivity index (χ1) is 8.72. The van der Waals surface area contributed by atoms with Gasteiger partial charge in [-0.15, -0.1) is 11.6 Å². The lowest BCUT2D eigenvalue weighted by atomic mass is 10.1. The van der Waals surface area contributed by atoms with Crippen LogP contribution in [0.5, 0.6) is 0 Å². The second kappa shape index (κ2) is 7.00. The molecule has 1 atom stereocenters. The van der Waals surface area contributed by atoms with Crippen LogP contribution in [0.3, 0.4) is 0 Å². The molecule has 1 aliphatic heterocycles. The van der Waals surface area contributed by atoms with Crippen LogP contribution in [-0.2, 0) is 6.54 Å². The molecule has 1 nitrogen and oxygen atoms in total. The fourth-order valence-corrected chi connectivity index (χ4v) is 3.17. The number of likely N-dealkylation sites (tertiary alicyclic amines) is 1. The zero-order chi connectivity index (χ0) is 13.0. The maximum absolute atomic E-state index is 6.24. The molecule has 4 heteroatoms. The highest BCUT2D eigenvalue weighted by atomic mass is 35.5. The van der Waals surface area contributed by atoms with Crippen LogP contribution in [0.4, 0.5) is 0 Å². The molecule has 0 bridgehead atoms. The Labute approximate surface area is 124 Å². The zero-order valence-corrected chi connectivity index (χ0v) is 12.6. The fraction of sp³-hybridized carbons (Fsp3) is 0.571. The molecular formula is C14H18Cl3N. The van der Waals surface area contributed by atoms with Gasteiger partial charge in [-0.2, -0.15) is 0 Å². The Morgan fingerprint density at radius 2 is 2.11 bits per heavy atom. The summed E-state index contributed by atoms with van der Waals surface area (Å²) in [6.07, 6.45) is 4.81. The molecule has 1 saturated heterocycles. The maximum Gasteiger partial charge on any atom is 0.0637 e. The minimum absolute atomic E-state index is 0.644. The lowest BCUT2D eigenvalue weighted by Gasteiger charge is -2.24. The summed E-state index contributed by atoms with van der Waals surface area (Å²) in [4.78, 5) is 2.50. The Morgan fingerprint density at radius 3 is 2.89 bits per heavy atom. The highest BCUT2D eigenvalue weighted by Crippen LogP contribution is 2.29. The van der Waals surface area contributed by atoms with E-state index in [2.05, 4.69) is 11.0 Å². The molecule has 1 aromatic carbocycles. The van der Waals surface area contributed by atoms with Crippen molar-refractivity contribution in [1.82, 2.24) is 4.90 Å². The van der Waals surface area contributed by atoms with Gasteiger partial charge in [-0.25, -0.2) is 0 Å². The van der Waals surface area contributed by atoms with Gasteiger partial charge in [-0.1, -0.05) is 35.3 Å². The summed E-state index contributed by atoms with van der Waals surface area (Å²) in [5, 5.41) is 1.34. The minimum Gasteiger partial charge on any atom is -0.296 e. The third kappa shape index (κ3) is 3.54. The summed E-state index contributed by atoms with van der Waals surface area (Å²) < 4.78 is 0. The first-order valence-electron chi connectivity index (χ1n) is 6.45. The number of alkyl halides is 1. The Morgan fingerprint density at radius 1 is 1.28 bits per heavy atom. The molecule has 1 unspecified atom stereocenters. The number of benzene rings is 1. The van der Waals surface area contributed by atoms with Gasteiger partial charge < -0.3 is 0 Å². The zero-order valence-electron chi connectivity index (χ0n) is 10.3. The molecule has 18 heavy (non-hydrogen) atoms. The smallest absolute Gasteiger partial charge is 0.0637 e. The fourth-order valence-electron chi connectivity index (χ4n) is 2.63. The quantitative estimate of drug-likeness (QED) is 0.694. The Hall–Kier alpha value is 0.0500. The average Bonchev–Trinajstić information content (AvgIpc) is 2.80. The van der Waals surface area contributed by atoms with Crippen molar-refractivity contribution < 1.29 is 0 Å². The van der Waals surface area contributed by atoms with Gasteiger partial charge in [0.05, 0.1) is 10.0 Å². The van der Waals surface area contributed by atoms with Crippen molar-refractivity contribution in [3.05, 3.63) is 33.8 Å². The SMILES string of the molecule is ClCCCC1CCCN1Cc1cccc(Cl)c1Cl. The van der Waals surface area contributed by atoms with Gasteiger partial charge in [0.2, 0.25) is 0 Å². The Balaban J connectivity index is 2.01. The average molecular weight is 307 g/mol. The molecule has 2 rings (SSSR count). The third-order valence-electron chi connectivity index (χ3n) is 3.58. The number of hydrogen-bond donors (Lipinski definition) is 0. The van der Waals surface area contributed by atoms with Crippen molar-refractivity contribution in [3.63, 3.8) is 0 Å².